The fraction of sp³-hybridized carbons (Fsp3) is 0. The van der Waals surface area contributed by atoms with E-state index >= 15 is 0 Å². The first-order valence-electron chi connectivity index (χ1n) is 9.42. The maximum atomic E-state index is 12.9. The average molecular weight is 521 g/mol. The molecule has 6 nitrogen and oxygen atoms in total. The molecular formula is C23H13Cl4N3O3. The molecule has 1 aliphatic rings. The number of anilines is 3. The van der Waals surface area contributed by atoms with E-state index in [-0.39, 0.29) is 32.4 Å². The molecule has 0 aromatic heterocycles. The van der Waals surface area contributed by atoms with Gasteiger partial charge in [-0.25, -0.2) is 4.90 Å². The predicted octanol–water partition coefficient (Wildman–Crippen LogP) is 6.33. The maximum Gasteiger partial charge on any atom is 0.283 e. The monoisotopic (exact) mass is 519 g/mol. The molecule has 3 amide bonds. The molecule has 33 heavy (non-hydrogen) atoms. The lowest BCUT2D eigenvalue weighted by Gasteiger charge is -2.15. The Hall–Kier alpha value is -3.03. The van der Waals surface area contributed by atoms with E-state index in [0.717, 1.165) is 4.90 Å². The Kier molecular flexibility index (Phi) is 6.63. The molecular weight excluding hydrogens is 508 g/mol. The number of halogens is 4. The lowest BCUT2D eigenvalue weighted by Crippen LogP contribution is -2.32. The van der Waals surface area contributed by atoms with E-state index in [4.69, 9.17) is 46.4 Å². The second-order valence-electron chi connectivity index (χ2n) is 6.90. The SMILES string of the molecule is O=C(Nc1cccc(Cl)c1)c1ccc(NC2=C(Cl)C(=O)N(c3ccc(Cl)c(Cl)c3)C2=O)cc1. The fourth-order valence-corrected chi connectivity index (χ4v) is 3.78. The molecule has 0 fully saturated rings. The van der Waals surface area contributed by atoms with Gasteiger partial charge in [-0.05, 0) is 60.7 Å². The first-order chi connectivity index (χ1) is 15.7. The van der Waals surface area contributed by atoms with Crippen molar-refractivity contribution in [1.29, 1.82) is 0 Å². The fourth-order valence-electron chi connectivity index (χ4n) is 3.09. The topological polar surface area (TPSA) is 78.5 Å². The maximum absolute atomic E-state index is 12.9. The normalized spacial score (nSPS) is 13.5. The van der Waals surface area contributed by atoms with Crippen LogP contribution in [-0.2, 0) is 9.59 Å². The second-order valence-corrected chi connectivity index (χ2v) is 8.53. The van der Waals surface area contributed by atoms with Crippen molar-refractivity contribution >= 4 is 81.2 Å². The minimum Gasteiger partial charge on any atom is -0.350 e. The minimum absolute atomic E-state index is 0.0936. The number of nitrogens with one attached hydrogen (secondary N) is 2. The highest BCUT2D eigenvalue weighted by molar-refractivity contribution is 6.53. The molecule has 3 aromatic rings. The zero-order valence-corrected chi connectivity index (χ0v) is 19.6. The number of benzene rings is 3. The number of hydrogen-bond acceptors (Lipinski definition) is 4. The molecule has 0 saturated heterocycles. The summed E-state index contributed by atoms with van der Waals surface area (Å²) in [6, 6.07) is 17.5. The van der Waals surface area contributed by atoms with Gasteiger partial charge in [-0.3, -0.25) is 14.4 Å². The number of rotatable bonds is 5. The first kappa shape index (κ1) is 23.1. The van der Waals surface area contributed by atoms with Crippen molar-refractivity contribution in [2.75, 3.05) is 15.5 Å². The summed E-state index contributed by atoms with van der Waals surface area (Å²) in [7, 11) is 0. The standard InChI is InChI=1S/C23H13Cl4N3O3/c24-13-2-1-3-15(10-13)29-21(31)12-4-6-14(7-5-12)28-20-19(27)22(32)30(23(20)33)16-8-9-17(25)18(26)11-16/h1-11,28H,(H,29,31). The molecule has 0 saturated carbocycles. The van der Waals surface area contributed by atoms with Crippen LogP contribution in [0.4, 0.5) is 17.1 Å². The van der Waals surface area contributed by atoms with Gasteiger partial charge in [-0.2, -0.15) is 0 Å². The summed E-state index contributed by atoms with van der Waals surface area (Å²) in [6.07, 6.45) is 0. The van der Waals surface area contributed by atoms with Crippen LogP contribution in [-0.4, -0.2) is 17.7 Å². The van der Waals surface area contributed by atoms with E-state index in [2.05, 4.69) is 10.6 Å². The van der Waals surface area contributed by atoms with Gasteiger partial charge in [0.15, 0.2) is 0 Å². The van der Waals surface area contributed by atoms with Crippen molar-refractivity contribution < 1.29 is 14.4 Å². The van der Waals surface area contributed by atoms with E-state index in [0.29, 0.717) is 22.0 Å². The number of carbonyl (C=O) groups is 3. The van der Waals surface area contributed by atoms with Crippen LogP contribution in [0, 0.1) is 0 Å². The second kappa shape index (κ2) is 9.45. The van der Waals surface area contributed by atoms with Gasteiger partial charge in [0.2, 0.25) is 0 Å². The van der Waals surface area contributed by atoms with Crippen LogP contribution in [0.3, 0.4) is 0 Å². The van der Waals surface area contributed by atoms with Crippen molar-refractivity contribution in [1.82, 2.24) is 0 Å². The van der Waals surface area contributed by atoms with E-state index in [1.54, 1.807) is 48.5 Å². The Morgan fingerprint density at radius 3 is 2.15 bits per heavy atom. The third kappa shape index (κ3) is 4.84. The number of carbonyl (C=O) groups excluding carboxylic acids is 3. The highest BCUT2D eigenvalue weighted by Gasteiger charge is 2.39. The van der Waals surface area contributed by atoms with E-state index in [9.17, 15) is 14.4 Å². The quantitative estimate of drug-likeness (QED) is 0.385. The average Bonchev–Trinajstić information content (AvgIpc) is 2.99. The van der Waals surface area contributed by atoms with Gasteiger partial charge in [0.1, 0.15) is 10.7 Å². The number of nitrogens with zero attached hydrogens (tertiary/aromatic N) is 1. The predicted molar refractivity (Wildman–Crippen MR) is 131 cm³/mol. The van der Waals surface area contributed by atoms with Gasteiger partial charge in [-0.1, -0.05) is 52.5 Å². The molecule has 0 spiro atoms. The molecule has 0 unspecified atom stereocenters. The van der Waals surface area contributed by atoms with E-state index in [1.165, 1.54) is 18.2 Å². The van der Waals surface area contributed by atoms with Crippen molar-refractivity contribution in [3.63, 3.8) is 0 Å². The smallest absolute Gasteiger partial charge is 0.283 e. The van der Waals surface area contributed by atoms with Crippen LogP contribution in [0.2, 0.25) is 15.1 Å². The summed E-state index contributed by atoms with van der Waals surface area (Å²) in [5.74, 6) is -1.68. The van der Waals surface area contributed by atoms with Crippen LogP contribution < -0.4 is 15.5 Å². The van der Waals surface area contributed by atoms with Gasteiger partial charge in [0.05, 0.1) is 15.7 Å². The number of imide groups is 1. The highest BCUT2D eigenvalue weighted by atomic mass is 35.5. The Labute approximate surface area is 208 Å². The van der Waals surface area contributed by atoms with Crippen LogP contribution in [0.5, 0.6) is 0 Å². The molecule has 166 valence electrons. The van der Waals surface area contributed by atoms with Crippen molar-refractivity contribution in [2.45, 2.75) is 0 Å². The molecule has 0 aliphatic carbocycles. The minimum atomic E-state index is -0.694. The summed E-state index contributed by atoms with van der Waals surface area (Å²) < 4.78 is 0. The number of hydrogen-bond donors (Lipinski definition) is 2. The first-order valence-corrected chi connectivity index (χ1v) is 10.9. The highest BCUT2D eigenvalue weighted by Crippen LogP contribution is 2.33. The van der Waals surface area contributed by atoms with E-state index in [1.807, 2.05) is 0 Å². The van der Waals surface area contributed by atoms with Crippen molar-refractivity contribution in [2.24, 2.45) is 0 Å². The summed E-state index contributed by atoms with van der Waals surface area (Å²) in [6.45, 7) is 0. The third-order valence-corrected chi connectivity index (χ3v) is 6.01. The number of amides is 3. The molecule has 2 N–H and O–H groups in total. The van der Waals surface area contributed by atoms with Crippen molar-refractivity contribution in [3.05, 3.63) is 98.1 Å². The molecule has 10 heteroatoms. The third-order valence-electron chi connectivity index (χ3n) is 4.69. The molecule has 3 aromatic carbocycles. The van der Waals surface area contributed by atoms with Gasteiger partial charge >= 0.3 is 0 Å². The van der Waals surface area contributed by atoms with Gasteiger partial charge in [0, 0.05) is 22.0 Å². The summed E-state index contributed by atoms with van der Waals surface area (Å²) in [4.78, 5) is 38.8. The Morgan fingerprint density at radius 2 is 1.48 bits per heavy atom. The van der Waals surface area contributed by atoms with Crippen LogP contribution in [0.25, 0.3) is 0 Å². The molecule has 0 atom stereocenters. The largest absolute Gasteiger partial charge is 0.350 e. The van der Waals surface area contributed by atoms with Gasteiger partial charge < -0.3 is 10.6 Å². The molecule has 4 rings (SSSR count). The van der Waals surface area contributed by atoms with Crippen LogP contribution >= 0.6 is 46.4 Å². The summed E-state index contributed by atoms with van der Waals surface area (Å²) >= 11 is 24.0. The molecule has 0 bridgehead atoms. The Bertz CT molecular complexity index is 1320. The van der Waals surface area contributed by atoms with E-state index < -0.39 is 11.8 Å². The Balaban J connectivity index is 1.49. The molecule has 1 heterocycles. The van der Waals surface area contributed by atoms with Crippen molar-refractivity contribution in [3.8, 4) is 0 Å². The summed E-state index contributed by atoms with van der Waals surface area (Å²) in [5.41, 5.74) is 1.54. The lowest BCUT2D eigenvalue weighted by molar-refractivity contribution is -0.120. The van der Waals surface area contributed by atoms with Crippen LogP contribution in [0.15, 0.2) is 77.5 Å². The lowest BCUT2D eigenvalue weighted by atomic mass is 10.2. The molecule has 1 aliphatic heterocycles. The van der Waals surface area contributed by atoms with Gasteiger partial charge in [0.25, 0.3) is 17.7 Å². The summed E-state index contributed by atoms with van der Waals surface area (Å²) in [5, 5.41) is 6.31. The Morgan fingerprint density at radius 1 is 0.758 bits per heavy atom. The zero-order valence-electron chi connectivity index (χ0n) is 16.5. The zero-order chi connectivity index (χ0) is 23.7. The van der Waals surface area contributed by atoms with Gasteiger partial charge in [-0.15, -0.1) is 0 Å². The van der Waals surface area contributed by atoms with Crippen LogP contribution in [0.1, 0.15) is 10.4 Å². The molecule has 0 radical (unpaired) electrons.